The number of thiazole rings is 1. The highest BCUT2D eigenvalue weighted by Gasteiger charge is 2.21. The molecule has 1 amide bonds. The van der Waals surface area contributed by atoms with E-state index < -0.39 is 0 Å². The average molecular weight is 303 g/mol. The van der Waals surface area contributed by atoms with E-state index in [1.165, 1.54) is 16.9 Å². The zero-order chi connectivity index (χ0) is 15.3. The van der Waals surface area contributed by atoms with E-state index in [4.69, 9.17) is 5.73 Å². The van der Waals surface area contributed by atoms with E-state index >= 15 is 0 Å². The van der Waals surface area contributed by atoms with Crippen LogP contribution in [-0.2, 0) is 23.2 Å². The molecule has 0 aliphatic carbocycles. The molecule has 0 spiro atoms. The predicted molar refractivity (Wildman–Crippen MR) is 86.2 cm³/mol. The van der Waals surface area contributed by atoms with E-state index in [-0.39, 0.29) is 11.3 Å². The first-order valence-electron chi connectivity index (χ1n) is 6.97. The number of amides is 1. The second-order valence-corrected chi connectivity index (χ2v) is 6.58. The lowest BCUT2D eigenvalue weighted by Crippen LogP contribution is -2.37. The quantitative estimate of drug-likeness (QED) is 0.860. The fourth-order valence-electron chi connectivity index (χ4n) is 2.06. The van der Waals surface area contributed by atoms with E-state index in [1.54, 1.807) is 0 Å². The van der Waals surface area contributed by atoms with Gasteiger partial charge in [-0.05, 0) is 5.56 Å². The molecule has 0 bridgehead atoms. The van der Waals surface area contributed by atoms with Crippen LogP contribution in [0.2, 0.25) is 0 Å². The van der Waals surface area contributed by atoms with Gasteiger partial charge in [-0.1, -0.05) is 44.2 Å². The van der Waals surface area contributed by atoms with E-state index in [0.717, 1.165) is 10.7 Å². The summed E-state index contributed by atoms with van der Waals surface area (Å²) in [7, 11) is 0. The van der Waals surface area contributed by atoms with Crippen LogP contribution in [0, 0.1) is 0 Å². The Balaban J connectivity index is 1.88. The Hall–Kier alpha value is -1.72. The molecule has 5 heteroatoms. The van der Waals surface area contributed by atoms with Gasteiger partial charge in [-0.25, -0.2) is 4.98 Å². The minimum Gasteiger partial charge on any atom is -0.355 e. The topological polar surface area (TPSA) is 68.0 Å². The van der Waals surface area contributed by atoms with Crippen LogP contribution in [0.5, 0.6) is 0 Å². The molecule has 0 fully saturated rings. The third-order valence-corrected chi connectivity index (χ3v) is 4.32. The van der Waals surface area contributed by atoms with Crippen LogP contribution in [-0.4, -0.2) is 17.4 Å². The van der Waals surface area contributed by atoms with Crippen molar-refractivity contribution in [2.75, 3.05) is 6.54 Å². The summed E-state index contributed by atoms with van der Waals surface area (Å²) in [4.78, 5) is 16.3. The molecule has 0 atom stereocenters. The molecule has 0 saturated carbocycles. The van der Waals surface area contributed by atoms with Gasteiger partial charge in [-0.15, -0.1) is 11.3 Å². The van der Waals surface area contributed by atoms with Crippen LogP contribution in [0.15, 0.2) is 35.7 Å². The van der Waals surface area contributed by atoms with Gasteiger partial charge < -0.3 is 11.1 Å². The van der Waals surface area contributed by atoms with E-state index in [1.807, 2.05) is 23.6 Å². The fraction of sp³-hybridized carbons (Fsp3) is 0.375. The lowest BCUT2D eigenvalue weighted by Gasteiger charge is -2.25. The van der Waals surface area contributed by atoms with Crippen LogP contribution in [0.4, 0.5) is 0 Å². The third kappa shape index (κ3) is 4.37. The second-order valence-electron chi connectivity index (χ2n) is 5.64. The van der Waals surface area contributed by atoms with Crippen molar-refractivity contribution < 1.29 is 4.79 Å². The molecule has 1 aromatic heterocycles. The zero-order valence-electron chi connectivity index (χ0n) is 12.4. The minimum atomic E-state index is -0.0958. The van der Waals surface area contributed by atoms with Gasteiger partial charge in [-0.3, -0.25) is 4.79 Å². The van der Waals surface area contributed by atoms with Crippen molar-refractivity contribution >= 4 is 17.2 Å². The number of nitrogens with zero attached hydrogens (tertiary/aromatic N) is 1. The molecule has 2 aromatic rings. The van der Waals surface area contributed by atoms with Crippen molar-refractivity contribution in [2.24, 2.45) is 5.73 Å². The Morgan fingerprint density at radius 2 is 2.05 bits per heavy atom. The summed E-state index contributed by atoms with van der Waals surface area (Å²) < 4.78 is 0. The maximum absolute atomic E-state index is 12.0. The number of benzene rings is 1. The van der Waals surface area contributed by atoms with Crippen molar-refractivity contribution in [2.45, 2.75) is 32.2 Å². The van der Waals surface area contributed by atoms with Crippen LogP contribution in [0.1, 0.15) is 30.1 Å². The van der Waals surface area contributed by atoms with Crippen LogP contribution in [0.25, 0.3) is 0 Å². The van der Waals surface area contributed by atoms with Crippen molar-refractivity contribution in [1.29, 1.82) is 0 Å². The van der Waals surface area contributed by atoms with Crippen molar-refractivity contribution in [1.82, 2.24) is 10.3 Å². The van der Waals surface area contributed by atoms with Gasteiger partial charge in [0.15, 0.2) is 0 Å². The summed E-state index contributed by atoms with van der Waals surface area (Å²) in [6, 6.07) is 10.2. The number of rotatable bonds is 6. The van der Waals surface area contributed by atoms with Gasteiger partial charge >= 0.3 is 0 Å². The van der Waals surface area contributed by atoms with Gasteiger partial charge in [0.05, 0.1) is 12.1 Å². The molecule has 0 aliphatic heterocycles. The number of nitrogens with one attached hydrogen (secondary N) is 1. The van der Waals surface area contributed by atoms with Crippen molar-refractivity contribution in [3.05, 3.63) is 52.0 Å². The monoisotopic (exact) mass is 303 g/mol. The fourth-order valence-corrected chi connectivity index (χ4v) is 2.74. The molecule has 2 rings (SSSR count). The second kappa shape index (κ2) is 6.83. The Kier molecular flexibility index (Phi) is 5.09. The molecule has 3 N–H and O–H groups in total. The molecular weight excluding hydrogens is 282 g/mol. The molecule has 0 radical (unpaired) electrons. The van der Waals surface area contributed by atoms with Crippen molar-refractivity contribution in [3.8, 4) is 0 Å². The van der Waals surface area contributed by atoms with Crippen LogP contribution >= 0.6 is 11.3 Å². The molecule has 4 nitrogen and oxygen atoms in total. The maximum atomic E-state index is 12.0. The third-order valence-electron chi connectivity index (χ3n) is 3.40. The Bertz CT molecular complexity index is 593. The molecule has 21 heavy (non-hydrogen) atoms. The first-order valence-corrected chi connectivity index (χ1v) is 7.85. The smallest absolute Gasteiger partial charge is 0.226 e. The summed E-state index contributed by atoms with van der Waals surface area (Å²) in [5.41, 5.74) is 7.43. The molecule has 0 unspecified atom stereocenters. The van der Waals surface area contributed by atoms with E-state index in [0.29, 0.717) is 19.5 Å². The van der Waals surface area contributed by atoms with E-state index in [2.05, 4.69) is 36.3 Å². The normalized spacial score (nSPS) is 11.4. The molecule has 112 valence electrons. The Morgan fingerprint density at radius 1 is 1.33 bits per heavy atom. The maximum Gasteiger partial charge on any atom is 0.226 e. The van der Waals surface area contributed by atoms with Crippen molar-refractivity contribution in [3.63, 3.8) is 0 Å². The number of nitrogens with two attached hydrogens (primary N) is 1. The molecule has 1 aromatic carbocycles. The zero-order valence-corrected chi connectivity index (χ0v) is 13.2. The highest BCUT2D eigenvalue weighted by atomic mass is 32.1. The lowest BCUT2D eigenvalue weighted by atomic mass is 9.84. The number of carbonyl (C=O) groups is 1. The minimum absolute atomic E-state index is 0.00659. The SMILES string of the molecule is CC(C)(CNC(=O)Cc1csc(CN)n1)c1ccccc1. The summed E-state index contributed by atoms with van der Waals surface area (Å²) >= 11 is 1.50. The molecular formula is C16H21N3OS. The van der Waals surface area contributed by atoms with Gasteiger partial charge in [0.25, 0.3) is 0 Å². The predicted octanol–water partition coefficient (Wildman–Crippen LogP) is 2.24. The summed E-state index contributed by atoms with van der Waals surface area (Å²) in [6.45, 7) is 5.27. The number of aromatic nitrogens is 1. The Morgan fingerprint density at radius 3 is 2.67 bits per heavy atom. The summed E-state index contributed by atoms with van der Waals surface area (Å²) in [5, 5.41) is 5.75. The highest BCUT2D eigenvalue weighted by molar-refractivity contribution is 7.09. The van der Waals surface area contributed by atoms with Crippen LogP contribution < -0.4 is 11.1 Å². The van der Waals surface area contributed by atoms with Gasteiger partial charge in [-0.2, -0.15) is 0 Å². The summed E-state index contributed by atoms with van der Waals surface area (Å²) in [6.07, 6.45) is 0.307. The Labute approximate surface area is 129 Å². The molecule has 0 saturated heterocycles. The average Bonchev–Trinajstić information content (AvgIpc) is 2.94. The van der Waals surface area contributed by atoms with Gasteiger partial charge in [0.2, 0.25) is 5.91 Å². The van der Waals surface area contributed by atoms with Gasteiger partial charge in [0.1, 0.15) is 5.01 Å². The first-order chi connectivity index (χ1) is 10.0. The number of carbonyl (C=O) groups excluding carboxylic acids is 1. The molecule has 1 heterocycles. The van der Waals surface area contributed by atoms with Crippen LogP contribution in [0.3, 0.4) is 0 Å². The standard InChI is InChI=1S/C16H21N3OS/c1-16(2,12-6-4-3-5-7-12)11-18-14(20)8-13-10-21-15(9-17)19-13/h3-7,10H,8-9,11,17H2,1-2H3,(H,18,20). The van der Waals surface area contributed by atoms with Gasteiger partial charge in [0, 0.05) is 23.9 Å². The largest absolute Gasteiger partial charge is 0.355 e. The first kappa shape index (κ1) is 15.7. The molecule has 0 aliphatic rings. The lowest BCUT2D eigenvalue weighted by molar-refractivity contribution is -0.120. The number of hydrogen-bond acceptors (Lipinski definition) is 4. The number of hydrogen-bond donors (Lipinski definition) is 2. The summed E-state index contributed by atoms with van der Waals surface area (Å²) in [5.74, 6) is -0.00659. The highest BCUT2D eigenvalue weighted by Crippen LogP contribution is 2.21. The van der Waals surface area contributed by atoms with E-state index in [9.17, 15) is 4.79 Å².